The summed E-state index contributed by atoms with van der Waals surface area (Å²) < 4.78 is 56.8. The van der Waals surface area contributed by atoms with Crippen LogP contribution >= 0.6 is 0 Å². The quantitative estimate of drug-likeness (QED) is 0.845. The van der Waals surface area contributed by atoms with Crippen molar-refractivity contribution in [3.63, 3.8) is 0 Å². The average Bonchev–Trinajstić information content (AvgIpc) is 2.49. The third-order valence-electron chi connectivity index (χ3n) is 3.18. The van der Waals surface area contributed by atoms with E-state index in [1.165, 1.54) is 30.3 Å². The third-order valence-corrected chi connectivity index (χ3v) is 3.18. The summed E-state index contributed by atoms with van der Waals surface area (Å²) in [5.41, 5.74) is -0.562. The number of aliphatic hydroxyl groups is 1. The van der Waals surface area contributed by atoms with Crippen molar-refractivity contribution in [3.05, 3.63) is 65.5 Å². The molecule has 2 aromatic carbocycles. The van der Waals surface area contributed by atoms with E-state index in [1.807, 2.05) is 0 Å². The Labute approximate surface area is 125 Å². The van der Waals surface area contributed by atoms with E-state index in [0.29, 0.717) is 0 Å². The number of aliphatic hydroxyl groups excluding tert-OH is 1. The molecule has 118 valence electrons. The summed E-state index contributed by atoms with van der Waals surface area (Å²) in [6, 6.07) is 10.3. The van der Waals surface area contributed by atoms with Crippen LogP contribution in [0.5, 0.6) is 5.75 Å². The van der Waals surface area contributed by atoms with E-state index in [1.54, 1.807) is 6.07 Å². The summed E-state index contributed by atoms with van der Waals surface area (Å²) in [5.74, 6) is -1.13. The minimum atomic E-state index is -4.46. The number of ether oxygens (including phenoxy) is 1. The van der Waals surface area contributed by atoms with Gasteiger partial charge in [-0.25, -0.2) is 4.39 Å². The van der Waals surface area contributed by atoms with Gasteiger partial charge in [-0.15, -0.1) is 0 Å². The van der Waals surface area contributed by atoms with Crippen LogP contribution in [0.25, 0.3) is 0 Å². The van der Waals surface area contributed by atoms with Gasteiger partial charge in [-0.1, -0.05) is 24.3 Å². The molecule has 0 aliphatic rings. The lowest BCUT2D eigenvalue weighted by molar-refractivity contribution is -0.137. The van der Waals surface area contributed by atoms with E-state index in [4.69, 9.17) is 4.74 Å². The monoisotopic (exact) mass is 314 g/mol. The van der Waals surface area contributed by atoms with Crippen LogP contribution in [0.15, 0.2) is 48.5 Å². The molecule has 0 bridgehead atoms. The first kappa shape index (κ1) is 16.3. The SMILES string of the molecule is OCC(COc1cccc(C(F)(F)F)c1)c1ccccc1F. The molecule has 0 spiro atoms. The summed E-state index contributed by atoms with van der Waals surface area (Å²) >= 11 is 0. The Kier molecular flexibility index (Phi) is 5.03. The van der Waals surface area contributed by atoms with E-state index < -0.39 is 23.5 Å². The molecule has 2 nitrogen and oxygen atoms in total. The van der Waals surface area contributed by atoms with Gasteiger partial charge >= 0.3 is 6.18 Å². The van der Waals surface area contributed by atoms with Crippen LogP contribution in [0.4, 0.5) is 17.6 Å². The molecule has 0 aliphatic heterocycles. The number of halogens is 4. The Hall–Kier alpha value is -2.08. The lowest BCUT2D eigenvalue weighted by Gasteiger charge is -2.17. The zero-order valence-corrected chi connectivity index (χ0v) is 11.5. The molecule has 1 N–H and O–H groups in total. The average molecular weight is 314 g/mol. The Morgan fingerprint density at radius 2 is 1.77 bits per heavy atom. The molecule has 1 atom stereocenters. The van der Waals surface area contributed by atoms with Crippen molar-refractivity contribution in [2.45, 2.75) is 12.1 Å². The molecule has 1 unspecified atom stereocenters. The predicted molar refractivity (Wildman–Crippen MR) is 73.2 cm³/mol. The van der Waals surface area contributed by atoms with Gasteiger partial charge in [0.1, 0.15) is 11.6 Å². The summed E-state index contributed by atoms with van der Waals surface area (Å²) in [6.07, 6.45) is -4.46. The van der Waals surface area contributed by atoms with Gasteiger partial charge in [0.2, 0.25) is 0 Å². The van der Waals surface area contributed by atoms with Crippen LogP contribution in [0, 0.1) is 5.82 Å². The molecule has 2 aromatic rings. The van der Waals surface area contributed by atoms with Crippen LogP contribution in [0.1, 0.15) is 17.0 Å². The molecular weight excluding hydrogens is 300 g/mol. The van der Waals surface area contributed by atoms with Gasteiger partial charge < -0.3 is 9.84 Å². The smallest absolute Gasteiger partial charge is 0.416 e. The molecule has 6 heteroatoms. The fraction of sp³-hybridized carbons (Fsp3) is 0.250. The van der Waals surface area contributed by atoms with Crippen molar-refractivity contribution in [1.29, 1.82) is 0 Å². The predicted octanol–water partition coefficient (Wildman–Crippen LogP) is 4.00. The second-order valence-corrected chi connectivity index (χ2v) is 4.74. The molecule has 0 saturated heterocycles. The van der Waals surface area contributed by atoms with Gasteiger partial charge in [0.15, 0.2) is 0 Å². The Balaban J connectivity index is 2.10. The maximum Gasteiger partial charge on any atom is 0.416 e. The minimum Gasteiger partial charge on any atom is -0.493 e. The normalized spacial score (nSPS) is 13.0. The van der Waals surface area contributed by atoms with Crippen molar-refractivity contribution in [1.82, 2.24) is 0 Å². The fourth-order valence-electron chi connectivity index (χ4n) is 2.01. The number of hydrogen-bond acceptors (Lipinski definition) is 2. The first-order valence-corrected chi connectivity index (χ1v) is 6.57. The lowest BCUT2D eigenvalue weighted by Crippen LogP contribution is -2.16. The molecule has 0 fully saturated rings. The van der Waals surface area contributed by atoms with E-state index in [0.717, 1.165) is 12.1 Å². The van der Waals surface area contributed by atoms with Crippen LogP contribution in [0.3, 0.4) is 0 Å². The zero-order chi connectivity index (χ0) is 16.2. The molecule has 0 heterocycles. The molecule has 2 rings (SSSR count). The Morgan fingerprint density at radius 3 is 2.41 bits per heavy atom. The maximum atomic E-state index is 13.7. The molecule has 0 amide bonds. The second kappa shape index (κ2) is 6.79. The van der Waals surface area contributed by atoms with Crippen molar-refractivity contribution in [2.75, 3.05) is 13.2 Å². The summed E-state index contributed by atoms with van der Waals surface area (Å²) in [7, 11) is 0. The van der Waals surface area contributed by atoms with Crippen LogP contribution < -0.4 is 4.74 Å². The van der Waals surface area contributed by atoms with E-state index in [2.05, 4.69) is 0 Å². The van der Waals surface area contributed by atoms with Crippen LogP contribution in [-0.4, -0.2) is 18.3 Å². The first-order chi connectivity index (χ1) is 10.4. The molecule has 0 aliphatic carbocycles. The highest BCUT2D eigenvalue weighted by atomic mass is 19.4. The third kappa shape index (κ3) is 3.98. The van der Waals surface area contributed by atoms with Gasteiger partial charge in [-0.2, -0.15) is 13.2 Å². The van der Waals surface area contributed by atoms with Crippen LogP contribution in [-0.2, 0) is 6.18 Å². The van der Waals surface area contributed by atoms with Crippen molar-refractivity contribution >= 4 is 0 Å². The van der Waals surface area contributed by atoms with E-state index >= 15 is 0 Å². The van der Waals surface area contributed by atoms with Crippen molar-refractivity contribution in [3.8, 4) is 5.75 Å². The topological polar surface area (TPSA) is 29.5 Å². The fourth-order valence-corrected chi connectivity index (χ4v) is 2.01. The number of benzene rings is 2. The standard InChI is InChI=1S/C16H14F4O2/c17-15-7-2-1-6-14(15)11(9-21)10-22-13-5-3-4-12(8-13)16(18,19)20/h1-8,11,21H,9-10H2. The molecule has 0 saturated carbocycles. The number of alkyl halides is 3. The molecule has 0 aromatic heterocycles. The highest BCUT2D eigenvalue weighted by molar-refractivity contribution is 5.30. The van der Waals surface area contributed by atoms with E-state index in [-0.39, 0.29) is 24.5 Å². The van der Waals surface area contributed by atoms with Crippen LogP contribution in [0.2, 0.25) is 0 Å². The summed E-state index contributed by atoms with van der Waals surface area (Å²) in [6.45, 7) is -0.501. The summed E-state index contributed by atoms with van der Waals surface area (Å²) in [4.78, 5) is 0. The van der Waals surface area contributed by atoms with Gasteiger partial charge in [-0.3, -0.25) is 0 Å². The second-order valence-electron chi connectivity index (χ2n) is 4.74. The van der Waals surface area contributed by atoms with E-state index in [9.17, 15) is 22.7 Å². The molecular formula is C16H14F4O2. The largest absolute Gasteiger partial charge is 0.493 e. The maximum absolute atomic E-state index is 13.7. The van der Waals surface area contributed by atoms with Crippen molar-refractivity contribution in [2.24, 2.45) is 0 Å². The zero-order valence-electron chi connectivity index (χ0n) is 11.5. The summed E-state index contributed by atoms with van der Waals surface area (Å²) in [5, 5.41) is 9.34. The lowest BCUT2D eigenvalue weighted by atomic mass is 10.0. The Morgan fingerprint density at radius 1 is 1.05 bits per heavy atom. The molecule has 0 radical (unpaired) electrons. The number of hydrogen-bond donors (Lipinski definition) is 1. The van der Waals surface area contributed by atoms with Crippen molar-refractivity contribution < 1.29 is 27.4 Å². The van der Waals surface area contributed by atoms with Gasteiger partial charge in [0.05, 0.1) is 18.8 Å². The highest BCUT2D eigenvalue weighted by Crippen LogP contribution is 2.31. The minimum absolute atomic E-state index is 0.0182. The Bertz CT molecular complexity index is 626. The first-order valence-electron chi connectivity index (χ1n) is 6.57. The van der Waals surface area contributed by atoms with Gasteiger partial charge in [0.25, 0.3) is 0 Å². The highest BCUT2D eigenvalue weighted by Gasteiger charge is 2.30. The van der Waals surface area contributed by atoms with Gasteiger partial charge in [0, 0.05) is 5.92 Å². The van der Waals surface area contributed by atoms with Gasteiger partial charge in [-0.05, 0) is 29.8 Å². The number of rotatable bonds is 5. The molecule has 22 heavy (non-hydrogen) atoms.